The summed E-state index contributed by atoms with van der Waals surface area (Å²) in [5.74, 6) is 0.350. The Balaban J connectivity index is 2.76. The van der Waals surface area contributed by atoms with Crippen LogP contribution < -0.4 is 0 Å². The summed E-state index contributed by atoms with van der Waals surface area (Å²) < 4.78 is 0. The summed E-state index contributed by atoms with van der Waals surface area (Å²) in [6, 6.07) is 7.89. The summed E-state index contributed by atoms with van der Waals surface area (Å²) in [7, 11) is -3.68. The fraction of sp³-hybridized carbons (Fsp3) is 0.520. The van der Waals surface area contributed by atoms with Crippen LogP contribution in [0.15, 0.2) is 41.1 Å². The monoisotopic (exact) mass is 426 g/mol. The molecule has 0 N–H and O–H groups in total. The first-order chi connectivity index (χ1) is 13.4. The number of allylic oxidation sites excluding steroid dienone is 3. The number of hydrogen-bond donors (Lipinski definition) is 0. The molecule has 0 radical (unpaired) electrons. The molecule has 0 fully saturated rings. The largest absolute Gasteiger partial charge is 0.298 e. The van der Waals surface area contributed by atoms with E-state index < -0.39 is 16.1 Å². The molecule has 0 aromatic heterocycles. The predicted molar refractivity (Wildman–Crippen MR) is 131 cm³/mol. The van der Waals surface area contributed by atoms with Crippen LogP contribution in [0.3, 0.4) is 0 Å². The van der Waals surface area contributed by atoms with Crippen molar-refractivity contribution in [2.45, 2.75) is 84.2 Å². The van der Waals surface area contributed by atoms with Crippen LogP contribution in [0.4, 0.5) is 0 Å². The molecule has 158 valence electrons. The zero-order valence-electron chi connectivity index (χ0n) is 19.7. The van der Waals surface area contributed by atoms with Crippen LogP contribution in [0.5, 0.6) is 0 Å². The molecule has 1 aliphatic rings. The normalized spacial score (nSPS) is 17.4. The fourth-order valence-electron chi connectivity index (χ4n) is 5.86. The van der Waals surface area contributed by atoms with E-state index >= 15 is 0 Å². The van der Waals surface area contributed by atoms with Gasteiger partial charge in [-0.25, -0.2) is 0 Å². The lowest BCUT2D eigenvalue weighted by molar-refractivity contribution is -0.114. The molecule has 0 bridgehead atoms. The maximum atomic E-state index is 13.4. The molecular formula is C25H38O2Si2. The second-order valence-electron chi connectivity index (χ2n) is 10.4. The van der Waals surface area contributed by atoms with Gasteiger partial charge in [0.2, 0.25) is 0 Å². The van der Waals surface area contributed by atoms with Crippen molar-refractivity contribution >= 4 is 33.4 Å². The Morgan fingerprint density at radius 2 is 1.38 bits per heavy atom. The number of hydrogen-bond acceptors (Lipinski definition) is 2. The van der Waals surface area contributed by atoms with E-state index in [9.17, 15) is 9.59 Å². The zero-order chi connectivity index (χ0) is 22.1. The number of aldehydes is 1. The highest BCUT2D eigenvalue weighted by molar-refractivity contribution is 6.95. The average molecular weight is 427 g/mol. The van der Waals surface area contributed by atoms with Gasteiger partial charge in [-0.15, -0.1) is 0 Å². The quantitative estimate of drug-likeness (QED) is 0.340. The molecule has 0 saturated carbocycles. The molecule has 0 spiro atoms. The highest BCUT2D eigenvalue weighted by atomic mass is 28.3. The Bertz CT molecular complexity index is 813. The van der Waals surface area contributed by atoms with Crippen LogP contribution in [0.1, 0.15) is 63.9 Å². The van der Waals surface area contributed by atoms with Gasteiger partial charge >= 0.3 is 0 Å². The zero-order valence-corrected chi connectivity index (χ0v) is 21.7. The van der Waals surface area contributed by atoms with E-state index in [-0.39, 0.29) is 0 Å². The van der Waals surface area contributed by atoms with Gasteiger partial charge in [0.05, 0.1) is 16.1 Å². The van der Waals surface area contributed by atoms with Gasteiger partial charge in [-0.2, -0.15) is 0 Å². The molecule has 1 aromatic rings. The molecule has 1 aliphatic carbocycles. The minimum atomic E-state index is -1.97. The van der Waals surface area contributed by atoms with Gasteiger partial charge < -0.3 is 0 Å². The first-order valence-corrected chi connectivity index (χ1v) is 16.6. The van der Waals surface area contributed by atoms with Crippen molar-refractivity contribution in [2.24, 2.45) is 0 Å². The van der Waals surface area contributed by atoms with Crippen LogP contribution >= 0.6 is 0 Å². The van der Waals surface area contributed by atoms with Crippen LogP contribution in [0.25, 0.3) is 5.20 Å². The molecule has 0 unspecified atom stereocenters. The third-order valence-electron chi connectivity index (χ3n) is 6.71. The molecule has 0 aliphatic heterocycles. The van der Waals surface area contributed by atoms with E-state index in [1.54, 1.807) is 0 Å². The Labute approximate surface area is 179 Å². The summed E-state index contributed by atoms with van der Waals surface area (Å²) in [5.41, 5.74) is 4.67. The molecule has 1 aromatic carbocycles. The van der Waals surface area contributed by atoms with E-state index in [1.165, 1.54) is 16.3 Å². The Hall–Kier alpha value is -1.53. The molecule has 2 nitrogen and oxygen atoms in total. The fourth-order valence-corrected chi connectivity index (χ4v) is 14.9. The van der Waals surface area contributed by atoms with Crippen molar-refractivity contribution in [1.29, 1.82) is 0 Å². The summed E-state index contributed by atoms with van der Waals surface area (Å²) in [4.78, 5) is 24.5. The number of carbonyl (C=O) groups is 2. The van der Waals surface area contributed by atoms with E-state index in [4.69, 9.17) is 0 Å². The van der Waals surface area contributed by atoms with Gasteiger partial charge in [0.15, 0.2) is 5.78 Å². The highest BCUT2D eigenvalue weighted by Gasteiger charge is 2.49. The number of ketones is 1. The van der Waals surface area contributed by atoms with E-state index in [1.807, 2.05) is 12.1 Å². The number of carbonyl (C=O) groups excluding carboxylic acids is 2. The van der Waals surface area contributed by atoms with E-state index in [0.717, 1.165) is 11.5 Å². The Morgan fingerprint density at radius 3 is 1.76 bits per heavy atom. The summed E-state index contributed by atoms with van der Waals surface area (Å²) >= 11 is 0. The third-order valence-corrected chi connectivity index (χ3v) is 15.9. The van der Waals surface area contributed by atoms with Crippen molar-refractivity contribution in [3.05, 3.63) is 52.2 Å². The van der Waals surface area contributed by atoms with Crippen molar-refractivity contribution in [1.82, 2.24) is 0 Å². The number of Topliss-reactive ketones (excluding diaryl/α,β-unsaturated/α-hetero) is 1. The second-order valence-corrected chi connectivity index (χ2v) is 21.3. The SMILES string of the molecule is CC(C)[Si](C1=C/C(=C(/c2ccc(C=O)cc2)[Si](C)(C)C)CC1=O)(C(C)C)C(C)C. The van der Waals surface area contributed by atoms with Crippen LogP contribution in [0, 0.1) is 0 Å². The lowest BCUT2D eigenvalue weighted by Gasteiger charge is -2.43. The van der Waals surface area contributed by atoms with Gasteiger partial charge in [0.25, 0.3) is 0 Å². The maximum Gasteiger partial charge on any atom is 0.159 e. The van der Waals surface area contributed by atoms with E-state index in [2.05, 4.69) is 79.4 Å². The first kappa shape index (κ1) is 23.7. The molecule has 2 rings (SSSR count). The summed E-state index contributed by atoms with van der Waals surface area (Å²) in [6.07, 6.45) is 3.72. The Kier molecular flexibility index (Phi) is 7.11. The topological polar surface area (TPSA) is 34.1 Å². The smallest absolute Gasteiger partial charge is 0.159 e. The molecular weight excluding hydrogens is 388 g/mol. The third kappa shape index (κ3) is 4.34. The van der Waals surface area contributed by atoms with Gasteiger partial charge in [-0.1, -0.05) is 91.5 Å². The van der Waals surface area contributed by atoms with Crippen LogP contribution in [-0.2, 0) is 4.79 Å². The highest BCUT2D eigenvalue weighted by Crippen LogP contribution is 2.50. The minimum absolute atomic E-state index is 0.350. The molecule has 0 saturated heterocycles. The van der Waals surface area contributed by atoms with Gasteiger partial charge in [0, 0.05) is 12.0 Å². The van der Waals surface area contributed by atoms with Gasteiger partial charge in [-0.05, 0) is 38.2 Å². The molecule has 0 atom stereocenters. The van der Waals surface area contributed by atoms with Crippen molar-refractivity contribution in [3.8, 4) is 0 Å². The number of rotatable bonds is 7. The summed E-state index contributed by atoms with van der Waals surface area (Å²) in [5, 5.41) is 2.52. The lowest BCUT2D eigenvalue weighted by atomic mass is 10.1. The maximum absolute atomic E-state index is 13.4. The lowest BCUT2D eigenvalue weighted by Crippen LogP contribution is -2.48. The Morgan fingerprint density at radius 1 is 0.897 bits per heavy atom. The number of benzene rings is 1. The van der Waals surface area contributed by atoms with Gasteiger partial charge in [-0.3, -0.25) is 9.59 Å². The van der Waals surface area contributed by atoms with Crippen molar-refractivity contribution in [2.75, 3.05) is 0 Å². The van der Waals surface area contributed by atoms with E-state index in [0.29, 0.717) is 34.4 Å². The molecule has 0 heterocycles. The average Bonchev–Trinajstić information content (AvgIpc) is 2.95. The molecule has 4 heteroatoms. The second kappa shape index (κ2) is 8.69. The molecule has 0 amide bonds. The van der Waals surface area contributed by atoms with Gasteiger partial charge in [0.1, 0.15) is 6.29 Å². The molecule has 29 heavy (non-hydrogen) atoms. The van der Waals surface area contributed by atoms with Crippen LogP contribution in [-0.4, -0.2) is 28.2 Å². The predicted octanol–water partition coefficient (Wildman–Crippen LogP) is 7.25. The summed E-state index contributed by atoms with van der Waals surface area (Å²) in [6.45, 7) is 20.9. The van der Waals surface area contributed by atoms with Crippen molar-refractivity contribution in [3.63, 3.8) is 0 Å². The first-order valence-electron chi connectivity index (χ1n) is 10.9. The minimum Gasteiger partial charge on any atom is -0.298 e. The standard InChI is InChI=1S/C25H38O2Si2/c1-17(2)29(18(3)4,19(5)6)24-15-22(14-23(24)27)25(28(7,8)9)21-12-10-20(16-26)11-13-21/h10-13,15-19H,14H2,1-9H3/b25-22-. The van der Waals surface area contributed by atoms with Crippen molar-refractivity contribution < 1.29 is 9.59 Å². The van der Waals surface area contributed by atoms with Crippen LogP contribution in [0.2, 0.25) is 36.3 Å².